The van der Waals surface area contributed by atoms with Crippen LogP contribution in [0.2, 0.25) is 0 Å². The van der Waals surface area contributed by atoms with Crippen LogP contribution in [-0.2, 0) is 28.7 Å². The summed E-state index contributed by atoms with van der Waals surface area (Å²) >= 11 is 0. The van der Waals surface area contributed by atoms with Gasteiger partial charge in [0.1, 0.15) is 23.5 Å². The van der Waals surface area contributed by atoms with Gasteiger partial charge in [0.05, 0.1) is 24.1 Å². The van der Waals surface area contributed by atoms with Gasteiger partial charge in [0.15, 0.2) is 0 Å². The number of aldehydes is 1. The fourth-order valence-corrected chi connectivity index (χ4v) is 4.45. The molecular weight excluding hydrogens is 430 g/mol. The van der Waals surface area contributed by atoms with Crippen LogP contribution in [0.1, 0.15) is 36.7 Å². The van der Waals surface area contributed by atoms with Crippen molar-refractivity contribution in [2.75, 3.05) is 25.0 Å². The van der Waals surface area contributed by atoms with Crippen molar-refractivity contribution < 1.29 is 9.59 Å². The van der Waals surface area contributed by atoms with Gasteiger partial charge in [-0.15, -0.1) is 0 Å². The lowest BCUT2D eigenvalue weighted by atomic mass is 9.89. The van der Waals surface area contributed by atoms with E-state index >= 15 is 0 Å². The number of fused-ring (bicyclic) bond motifs is 1. The number of amidine groups is 1. The third kappa shape index (κ3) is 4.51. The number of nitrogen functional groups attached to an aromatic ring is 1. The van der Waals surface area contributed by atoms with Gasteiger partial charge >= 0.3 is 0 Å². The molecule has 1 atom stereocenters. The molecule has 1 amide bonds. The van der Waals surface area contributed by atoms with E-state index in [1.165, 1.54) is 0 Å². The van der Waals surface area contributed by atoms with Crippen LogP contribution in [-0.4, -0.2) is 52.1 Å². The minimum atomic E-state index is -1.01. The van der Waals surface area contributed by atoms with Crippen LogP contribution < -0.4 is 16.4 Å². The first-order valence-corrected chi connectivity index (χ1v) is 11.5. The summed E-state index contributed by atoms with van der Waals surface area (Å²) in [4.78, 5) is 31.2. The number of hydrogen-bond donors (Lipinski definition) is 4. The number of nitrogens with one attached hydrogen (secondary N) is 3. The molecule has 1 aliphatic rings. The zero-order valence-electron chi connectivity index (χ0n) is 19.6. The quantitative estimate of drug-likeness (QED) is 0.219. The Labute approximate surface area is 198 Å². The maximum Gasteiger partial charge on any atom is 0.247 e. The molecule has 4 rings (SSSR count). The summed E-state index contributed by atoms with van der Waals surface area (Å²) in [5, 5.41) is 14.0. The Hall–Kier alpha value is -3.72. The highest BCUT2D eigenvalue weighted by Crippen LogP contribution is 2.29. The Morgan fingerprint density at radius 2 is 1.91 bits per heavy atom. The number of nitrogens with zero attached hydrogens (tertiary/aromatic N) is 3. The summed E-state index contributed by atoms with van der Waals surface area (Å²) < 4.78 is 2.02. The van der Waals surface area contributed by atoms with Gasteiger partial charge in [0.25, 0.3) is 0 Å². The highest BCUT2D eigenvalue weighted by atomic mass is 16.2. The van der Waals surface area contributed by atoms with Crippen LogP contribution in [0.25, 0.3) is 11.0 Å². The van der Waals surface area contributed by atoms with Gasteiger partial charge in [-0.05, 0) is 61.7 Å². The van der Waals surface area contributed by atoms with Crippen molar-refractivity contribution in [2.45, 2.75) is 31.8 Å². The van der Waals surface area contributed by atoms with Gasteiger partial charge in [-0.25, -0.2) is 4.98 Å². The van der Waals surface area contributed by atoms with Crippen molar-refractivity contribution in [2.24, 2.45) is 12.8 Å². The van der Waals surface area contributed by atoms with Crippen molar-refractivity contribution in [3.63, 3.8) is 0 Å². The zero-order chi connectivity index (χ0) is 24.3. The summed E-state index contributed by atoms with van der Waals surface area (Å²) in [5.74, 6) is 0.866. The number of anilines is 1. The smallest absolute Gasteiger partial charge is 0.247 e. The molecule has 1 aliphatic heterocycles. The number of hydrogen-bond acceptors (Lipinski definition) is 6. The summed E-state index contributed by atoms with van der Waals surface area (Å²) in [6, 6.07) is 13.2. The minimum Gasteiger partial charge on any atom is -0.384 e. The lowest BCUT2D eigenvalue weighted by Crippen LogP contribution is -2.53. The van der Waals surface area contributed by atoms with Crippen molar-refractivity contribution >= 4 is 34.7 Å². The topological polar surface area (TPSA) is 129 Å². The van der Waals surface area contributed by atoms with E-state index in [1.807, 2.05) is 53.8 Å². The van der Waals surface area contributed by atoms with E-state index in [-0.39, 0.29) is 18.3 Å². The van der Waals surface area contributed by atoms with Gasteiger partial charge in [0.2, 0.25) is 5.91 Å². The number of aromatic nitrogens is 2. The highest BCUT2D eigenvalue weighted by molar-refractivity contribution is 5.95. The Bertz CT molecular complexity index is 1210. The molecule has 0 radical (unpaired) electrons. The van der Waals surface area contributed by atoms with E-state index in [9.17, 15) is 9.59 Å². The molecule has 2 aromatic carbocycles. The van der Waals surface area contributed by atoms with Crippen LogP contribution in [0, 0.1) is 5.41 Å². The van der Waals surface area contributed by atoms with Crippen molar-refractivity contribution in [1.29, 1.82) is 5.41 Å². The maximum atomic E-state index is 13.4. The number of benzene rings is 2. The van der Waals surface area contributed by atoms with Gasteiger partial charge in [-0.3, -0.25) is 15.5 Å². The number of imidazole rings is 1. The Balaban J connectivity index is 1.59. The largest absolute Gasteiger partial charge is 0.384 e. The third-order valence-electron chi connectivity index (χ3n) is 6.56. The molecule has 5 N–H and O–H groups in total. The van der Waals surface area contributed by atoms with E-state index in [0.717, 1.165) is 60.3 Å². The molecule has 9 heteroatoms. The molecule has 1 unspecified atom stereocenters. The second-order valence-electron chi connectivity index (χ2n) is 8.81. The van der Waals surface area contributed by atoms with E-state index < -0.39 is 5.54 Å². The zero-order valence-corrected chi connectivity index (χ0v) is 19.6. The van der Waals surface area contributed by atoms with E-state index in [4.69, 9.17) is 16.1 Å². The van der Waals surface area contributed by atoms with Crippen LogP contribution in [0.15, 0.2) is 42.5 Å². The standard InChI is InChI=1S/C25H31N7O2/c1-25(29-11-14-33,24(34)32-12-3-4-13-32)18-7-10-21-20(15-18)30-22(31(21)2)16-28-19-8-5-17(6-9-19)23(26)27/h5-10,14-15,28-29H,3-4,11-13,16H2,1-2H3,(H3,26,27). The van der Waals surface area contributed by atoms with Crippen molar-refractivity contribution in [1.82, 2.24) is 19.8 Å². The molecule has 3 aromatic rings. The third-order valence-corrected chi connectivity index (χ3v) is 6.56. The number of carbonyl (C=O) groups excluding carboxylic acids is 2. The first kappa shape index (κ1) is 23.4. The van der Waals surface area contributed by atoms with Gasteiger partial charge in [-0.2, -0.15) is 0 Å². The minimum absolute atomic E-state index is 0.0157. The molecule has 2 heterocycles. The number of amides is 1. The Morgan fingerprint density at radius 1 is 1.21 bits per heavy atom. The van der Waals surface area contributed by atoms with Crippen molar-refractivity contribution in [3.8, 4) is 0 Å². The average Bonchev–Trinajstić information content (AvgIpc) is 3.49. The van der Waals surface area contributed by atoms with Crippen LogP contribution >= 0.6 is 0 Å². The maximum absolute atomic E-state index is 13.4. The van der Waals surface area contributed by atoms with E-state index in [0.29, 0.717) is 12.1 Å². The number of rotatable bonds is 9. The fourth-order valence-electron chi connectivity index (χ4n) is 4.45. The van der Waals surface area contributed by atoms with Gasteiger partial charge in [0, 0.05) is 31.4 Å². The number of carbonyl (C=O) groups is 2. The van der Waals surface area contributed by atoms with Crippen LogP contribution in [0.3, 0.4) is 0 Å². The number of aryl methyl sites for hydroxylation is 1. The fraction of sp³-hybridized carbons (Fsp3) is 0.360. The Kier molecular flexibility index (Phi) is 6.65. The molecule has 9 nitrogen and oxygen atoms in total. The normalized spacial score (nSPS) is 15.3. The van der Waals surface area contributed by atoms with Gasteiger partial charge in [-0.1, -0.05) is 6.07 Å². The predicted molar refractivity (Wildman–Crippen MR) is 133 cm³/mol. The number of nitrogens with two attached hydrogens (primary N) is 1. The first-order valence-electron chi connectivity index (χ1n) is 11.5. The molecule has 1 aromatic heterocycles. The molecule has 0 bridgehead atoms. The van der Waals surface area contributed by atoms with Crippen molar-refractivity contribution in [3.05, 3.63) is 59.4 Å². The summed E-state index contributed by atoms with van der Waals surface area (Å²) in [7, 11) is 1.96. The predicted octanol–water partition coefficient (Wildman–Crippen LogP) is 2.10. The van der Waals surface area contributed by atoms with Gasteiger partial charge < -0.3 is 25.3 Å². The SMILES string of the molecule is Cn1c(CNc2ccc(C(=N)N)cc2)nc2cc(C(C)(NCC=O)C(=O)N3CCCC3)ccc21. The van der Waals surface area contributed by atoms with Crippen LogP contribution in [0.4, 0.5) is 5.69 Å². The summed E-state index contributed by atoms with van der Waals surface area (Å²) in [6.45, 7) is 3.92. The first-order chi connectivity index (χ1) is 16.3. The molecule has 0 aliphatic carbocycles. The van der Waals surface area contributed by atoms with Crippen LogP contribution in [0.5, 0.6) is 0 Å². The second kappa shape index (κ2) is 9.64. The molecule has 0 saturated carbocycles. The summed E-state index contributed by atoms with van der Waals surface area (Å²) in [6.07, 6.45) is 2.78. The number of likely N-dealkylation sites (tertiary alicyclic amines) is 1. The Morgan fingerprint density at radius 3 is 2.56 bits per heavy atom. The van der Waals surface area contributed by atoms with E-state index in [1.54, 1.807) is 12.1 Å². The lowest BCUT2D eigenvalue weighted by Gasteiger charge is -2.33. The average molecular weight is 462 g/mol. The highest BCUT2D eigenvalue weighted by Gasteiger charge is 2.39. The van der Waals surface area contributed by atoms with E-state index in [2.05, 4.69) is 10.6 Å². The molecule has 1 saturated heterocycles. The molecular formula is C25H31N7O2. The molecule has 1 fully saturated rings. The molecule has 178 valence electrons. The monoisotopic (exact) mass is 461 g/mol. The molecule has 0 spiro atoms. The molecule has 34 heavy (non-hydrogen) atoms. The lowest BCUT2D eigenvalue weighted by molar-refractivity contribution is -0.137. The summed E-state index contributed by atoms with van der Waals surface area (Å²) in [5.41, 5.74) is 8.63. The second-order valence-corrected chi connectivity index (χ2v) is 8.81.